The second kappa shape index (κ2) is 7.81. The Morgan fingerprint density at radius 1 is 1.00 bits per heavy atom. The summed E-state index contributed by atoms with van der Waals surface area (Å²) in [5.74, 6) is 0.0348. The number of phenolic OH excluding ortho intramolecular Hbond substituents is 1. The van der Waals surface area contributed by atoms with Crippen molar-refractivity contribution in [3.63, 3.8) is 0 Å². The minimum atomic E-state index is -0.559. The van der Waals surface area contributed by atoms with Gasteiger partial charge in [-0.3, -0.25) is 14.5 Å². The number of nitrogens with one attached hydrogen (secondary N) is 1. The van der Waals surface area contributed by atoms with Gasteiger partial charge in [-0.25, -0.2) is 0 Å². The second-order valence-electron chi connectivity index (χ2n) is 7.34. The minimum Gasteiger partial charge on any atom is -0.508 e. The van der Waals surface area contributed by atoms with Gasteiger partial charge in [0.15, 0.2) is 0 Å². The smallest absolute Gasteiger partial charge is 0.246 e. The quantitative estimate of drug-likeness (QED) is 0.822. The molecule has 2 aliphatic rings. The van der Waals surface area contributed by atoms with Gasteiger partial charge in [-0.15, -0.1) is 0 Å². The summed E-state index contributed by atoms with van der Waals surface area (Å²) in [5, 5.41) is 13.0. The van der Waals surface area contributed by atoms with E-state index >= 15 is 0 Å². The molecule has 2 aromatic carbocycles. The van der Waals surface area contributed by atoms with Crippen LogP contribution in [0.4, 0.5) is 0 Å². The maximum atomic E-state index is 12.9. The summed E-state index contributed by atoms with van der Waals surface area (Å²) in [5.41, 5.74) is 2.03. The molecule has 2 aromatic rings. The van der Waals surface area contributed by atoms with Crippen molar-refractivity contribution in [1.29, 1.82) is 0 Å². The van der Waals surface area contributed by atoms with Crippen molar-refractivity contribution in [3.8, 4) is 5.75 Å². The van der Waals surface area contributed by atoms with E-state index in [4.69, 9.17) is 11.6 Å². The molecule has 2 heterocycles. The van der Waals surface area contributed by atoms with E-state index in [9.17, 15) is 14.7 Å². The fraction of sp³-hybridized carbons (Fsp3) is 0.333. The van der Waals surface area contributed by atoms with Crippen molar-refractivity contribution in [2.75, 3.05) is 19.6 Å². The number of carbonyl (C=O) groups excluding carboxylic acids is 2. The second-order valence-corrected chi connectivity index (χ2v) is 7.78. The average molecular weight is 400 g/mol. The Labute approximate surface area is 168 Å². The van der Waals surface area contributed by atoms with E-state index in [1.807, 2.05) is 24.3 Å². The highest BCUT2D eigenvalue weighted by Gasteiger charge is 2.43. The first-order chi connectivity index (χ1) is 13.5. The highest BCUT2D eigenvalue weighted by Crippen LogP contribution is 2.21. The summed E-state index contributed by atoms with van der Waals surface area (Å²) in [7, 11) is 0. The summed E-state index contributed by atoms with van der Waals surface area (Å²) in [6.45, 7) is 2.51. The summed E-state index contributed by atoms with van der Waals surface area (Å²) < 4.78 is 0. The number of fused-ring (bicyclic) bond motifs is 1. The first-order valence-corrected chi connectivity index (χ1v) is 9.73. The lowest BCUT2D eigenvalue weighted by atomic mass is 9.98. The van der Waals surface area contributed by atoms with Crippen LogP contribution in [0.2, 0.25) is 5.02 Å². The first kappa shape index (κ1) is 18.8. The Balaban J connectivity index is 1.41. The normalized spacial score (nSPS) is 22.7. The molecular formula is C21H22ClN3O3. The van der Waals surface area contributed by atoms with Crippen LogP contribution in [0.25, 0.3) is 0 Å². The van der Waals surface area contributed by atoms with Crippen LogP contribution in [-0.4, -0.2) is 58.4 Å². The van der Waals surface area contributed by atoms with Gasteiger partial charge in [0.05, 0.1) is 0 Å². The van der Waals surface area contributed by atoms with Crippen molar-refractivity contribution in [3.05, 3.63) is 64.7 Å². The number of benzene rings is 2. The van der Waals surface area contributed by atoms with E-state index in [2.05, 4.69) is 10.2 Å². The highest BCUT2D eigenvalue weighted by atomic mass is 35.5. The van der Waals surface area contributed by atoms with Crippen LogP contribution >= 0.6 is 11.6 Å². The first-order valence-electron chi connectivity index (χ1n) is 9.35. The van der Waals surface area contributed by atoms with Gasteiger partial charge >= 0.3 is 0 Å². The van der Waals surface area contributed by atoms with Gasteiger partial charge in [0.1, 0.15) is 17.8 Å². The molecule has 0 aromatic heterocycles. The molecule has 146 valence electrons. The summed E-state index contributed by atoms with van der Waals surface area (Å²) >= 11 is 5.94. The number of aromatic hydroxyl groups is 1. The molecule has 0 unspecified atom stereocenters. The van der Waals surface area contributed by atoms with Crippen molar-refractivity contribution < 1.29 is 14.7 Å². The minimum absolute atomic E-state index is 0.0381. The lowest BCUT2D eigenvalue weighted by Gasteiger charge is -2.45. The van der Waals surface area contributed by atoms with Crippen LogP contribution in [0.1, 0.15) is 11.1 Å². The maximum absolute atomic E-state index is 12.9. The monoisotopic (exact) mass is 399 g/mol. The van der Waals surface area contributed by atoms with Crippen molar-refractivity contribution in [2.45, 2.75) is 25.0 Å². The molecule has 2 N–H and O–H groups in total. The Morgan fingerprint density at radius 2 is 1.68 bits per heavy atom. The molecule has 2 fully saturated rings. The van der Waals surface area contributed by atoms with Crippen molar-refractivity contribution in [2.24, 2.45) is 0 Å². The molecule has 2 saturated heterocycles. The van der Waals surface area contributed by atoms with E-state index in [-0.39, 0.29) is 17.6 Å². The van der Waals surface area contributed by atoms with Crippen LogP contribution in [0.15, 0.2) is 48.5 Å². The Kier molecular flexibility index (Phi) is 5.24. The molecule has 0 spiro atoms. The van der Waals surface area contributed by atoms with Gasteiger partial charge in [-0.2, -0.15) is 0 Å². The largest absolute Gasteiger partial charge is 0.508 e. The third-order valence-electron chi connectivity index (χ3n) is 5.36. The van der Waals surface area contributed by atoms with Gasteiger partial charge in [0.25, 0.3) is 0 Å². The standard InChI is InChI=1S/C21H22ClN3O3/c22-16-5-1-15(2-6-16)12-24-9-10-25-19(13-24)20(27)23-18(21(25)28)11-14-3-7-17(26)8-4-14/h1-8,18-19,26H,9-13H2,(H,23,27)/t18-,19-/m1/s1. The molecule has 0 bridgehead atoms. The highest BCUT2D eigenvalue weighted by molar-refractivity contribution is 6.30. The maximum Gasteiger partial charge on any atom is 0.246 e. The number of nitrogens with zero attached hydrogens (tertiary/aromatic N) is 2. The zero-order valence-corrected chi connectivity index (χ0v) is 16.1. The lowest BCUT2D eigenvalue weighted by molar-refractivity contribution is -0.153. The van der Waals surface area contributed by atoms with Crippen molar-refractivity contribution in [1.82, 2.24) is 15.1 Å². The van der Waals surface area contributed by atoms with Gasteiger partial charge < -0.3 is 15.3 Å². The average Bonchev–Trinajstić information content (AvgIpc) is 2.69. The number of hydrogen-bond donors (Lipinski definition) is 2. The zero-order chi connectivity index (χ0) is 19.7. The van der Waals surface area contributed by atoms with Crippen LogP contribution in [-0.2, 0) is 22.6 Å². The van der Waals surface area contributed by atoms with Crippen LogP contribution in [0.3, 0.4) is 0 Å². The zero-order valence-electron chi connectivity index (χ0n) is 15.3. The van der Waals surface area contributed by atoms with Gasteiger partial charge in [0, 0.05) is 37.6 Å². The van der Waals surface area contributed by atoms with Gasteiger partial charge in [-0.1, -0.05) is 35.9 Å². The summed E-state index contributed by atoms with van der Waals surface area (Å²) in [6.07, 6.45) is 0.419. The fourth-order valence-electron chi connectivity index (χ4n) is 3.86. The number of amides is 2. The number of rotatable bonds is 4. The number of halogens is 1. The molecule has 2 amide bonds. The molecule has 6 nitrogen and oxygen atoms in total. The van der Waals surface area contributed by atoms with Crippen molar-refractivity contribution >= 4 is 23.4 Å². The Bertz CT molecular complexity index is 869. The third-order valence-corrected chi connectivity index (χ3v) is 5.61. The number of hydrogen-bond acceptors (Lipinski definition) is 4. The molecule has 2 aliphatic heterocycles. The van der Waals surface area contributed by atoms with E-state index in [1.54, 1.807) is 29.2 Å². The molecule has 0 aliphatic carbocycles. The fourth-order valence-corrected chi connectivity index (χ4v) is 3.98. The predicted molar refractivity (Wildman–Crippen MR) is 106 cm³/mol. The summed E-state index contributed by atoms with van der Waals surface area (Å²) in [6, 6.07) is 13.4. The molecule has 2 atom stereocenters. The molecule has 0 saturated carbocycles. The number of phenols is 1. The Hall–Kier alpha value is -2.57. The van der Waals surface area contributed by atoms with Crippen LogP contribution in [0.5, 0.6) is 5.75 Å². The molecular weight excluding hydrogens is 378 g/mol. The molecule has 4 rings (SSSR count). The SMILES string of the molecule is O=C1N[C@H](Cc2ccc(O)cc2)C(=O)N2CCN(Cc3ccc(Cl)cc3)C[C@H]12. The number of carbonyl (C=O) groups is 2. The van der Waals surface area contributed by atoms with E-state index < -0.39 is 12.1 Å². The van der Waals surface area contributed by atoms with E-state index in [1.165, 1.54) is 0 Å². The number of piperazine rings is 2. The van der Waals surface area contributed by atoms with Crippen LogP contribution in [0, 0.1) is 0 Å². The van der Waals surface area contributed by atoms with E-state index in [0.29, 0.717) is 24.5 Å². The predicted octanol–water partition coefficient (Wildman–Crippen LogP) is 1.80. The van der Waals surface area contributed by atoms with Crippen LogP contribution < -0.4 is 5.32 Å². The van der Waals surface area contributed by atoms with Gasteiger partial charge in [-0.05, 0) is 35.4 Å². The van der Waals surface area contributed by atoms with Gasteiger partial charge in [0.2, 0.25) is 11.8 Å². The topological polar surface area (TPSA) is 72.9 Å². The molecule has 0 radical (unpaired) electrons. The Morgan fingerprint density at radius 3 is 2.39 bits per heavy atom. The van der Waals surface area contributed by atoms with E-state index in [0.717, 1.165) is 24.2 Å². The molecule has 28 heavy (non-hydrogen) atoms. The summed E-state index contributed by atoms with van der Waals surface area (Å²) in [4.78, 5) is 29.5. The lowest BCUT2D eigenvalue weighted by Crippen LogP contribution is -2.69. The molecule has 7 heteroatoms. The third kappa shape index (κ3) is 3.98.